The SMILES string of the molecule is O=C1c2ccc(O)cc2O[C@H](c2ccc(OCCN3CCCCC3)cc2)[C@H]1c1ccc(O)cc1. The van der Waals surface area contributed by atoms with Crippen LogP contribution in [0.5, 0.6) is 23.0 Å². The fraction of sp³-hybridized carbons (Fsp3) is 0.321. The van der Waals surface area contributed by atoms with E-state index < -0.39 is 12.0 Å². The Morgan fingerprint density at radius 1 is 0.853 bits per heavy atom. The minimum absolute atomic E-state index is 0.0471. The van der Waals surface area contributed by atoms with Crippen molar-refractivity contribution < 1.29 is 24.5 Å². The number of phenols is 2. The Balaban J connectivity index is 1.37. The van der Waals surface area contributed by atoms with Crippen LogP contribution in [-0.4, -0.2) is 47.1 Å². The lowest BCUT2D eigenvalue weighted by Crippen LogP contribution is -2.33. The summed E-state index contributed by atoms with van der Waals surface area (Å²) in [5.74, 6) is 0.669. The number of carbonyl (C=O) groups excluding carboxylic acids is 1. The van der Waals surface area contributed by atoms with Crippen LogP contribution in [0.3, 0.4) is 0 Å². The van der Waals surface area contributed by atoms with Crippen LogP contribution in [0, 0.1) is 0 Å². The van der Waals surface area contributed by atoms with E-state index in [4.69, 9.17) is 9.47 Å². The Labute approximate surface area is 199 Å². The lowest BCUT2D eigenvalue weighted by atomic mass is 9.81. The molecular formula is C28H29NO5. The van der Waals surface area contributed by atoms with Crippen molar-refractivity contribution in [3.8, 4) is 23.0 Å². The third-order valence-electron chi connectivity index (χ3n) is 6.66. The molecule has 2 aliphatic rings. The first kappa shape index (κ1) is 22.3. The second-order valence-corrected chi connectivity index (χ2v) is 8.97. The highest BCUT2D eigenvalue weighted by atomic mass is 16.5. The van der Waals surface area contributed by atoms with Gasteiger partial charge in [0.1, 0.15) is 35.7 Å². The number of hydrogen-bond donors (Lipinski definition) is 2. The number of phenolic OH excluding ortho intramolecular Hbond substituents is 2. The van der Waals surface area contributed by atoms with Gasteiger partial charge in [-0.05, 0) is 73.5 Å². The molecule has 1 fully saturated rings. The molecule has 3 aromatic carbocycles. The zero-order chi connectivity index (χ0) is 23.5. The van der Waals surface area contributed by atoms with Gasteiger partial charge in [-0.2, -0.15) is 0 Å². The molecule has 0 spiro atoms. The minimum Gasteiger partial charge on any atom is -0.508 e. The van der Waals surface area contributed by atoms with Gasteiger partial charge >= 0.3 is 0 Å². The predicted octanol–water partition coefficient (Wildman–Crippen LogP) is 5.06. The van der Waals surface area contributed by atoms with Gasteiger partial charge in [-0.15, -0.1) is 0 Å². The number of likely N-dealkylation sites (tertiary alicyclic amines) is 1. The molecule has 3 aromatic rings. The molecule has 2 heterocycles. The number of fused-ring (bicyclic) bond motifs is 1. The number of carbonyl (C=O) groups is 1. The Bertz CT molecular complexity index is 1140. The summed E-state index contributed by atoms with van der Waals surface area (Å²) in [6.07, 6.45) is 3.27. The van der Waals surface area contributed by atoms with E-state index in [-0.39, 0.29) is 17.3 Å². The molecule has 6 nitrogen and oxygen atoms in total. The minimum atomic E-state index is -0.580. The molecule has 2 aliphatic heterocycles. The Hall–Kier alpha value is -3.51. The Kier molecular flexibility index (Phi) is 6.41. The second kappa shape index (κ2) is 9.77. The summed E-state index contributed by atoms with van der Waals surface area (Å²) in [5.41, 5.74) is 2.03. The molecule has 0 amide bonds. The van der Waals surface area contributed by atoms with Crippen LogP contribution in [0.1, 0.15) is 52.8 Å². The summed E-state index contributed by atoms with van der Waals surface area (Å²) in [5, 5.41) is 19.6. The van der Waals surface area contributed by atoms with Gasteiger partial charge in [0.25, 0.3) is 0 Å². The quantitative estimate of drug-likeness (QED) is 0.536. The van der Waals surface area contributed by atoms with E-state index in [1.807, 2.05) is 24.3 Å². The van der Waals surface area contributed by atoms with Crippen molar-refractivity contribution in [3.63, 3.8) is 0 Å². The molecular weight excluding hydrogens is 430 g/mol. The van der Waals surface area contributed by atoms with Gasteiger partial charge in [-0.3, -0.25) is 9.69 Å². The fourth-order valence-corrected chi connectivity index (χ4v) is 4.82. The maximum absolute atomic E-state index is 13.5. The number of ketones is 1. The van der Waals surface area contributed by atoms with Crippen molar-refractivity contribution >= 4 is 5.78 Å². The van der Waals surface area contributed by atoms with Gasteiger partial charge in [0.2, 0.25) is 0 Å². The summed E-state index contributed by atoms with van der Waals surface area (Å²) in [6.45, 7) is 3.85. The van der Waals surface area contributed by atoms with Gasteiger partial charge in [0.05, 0.1) is 11.5 Å². The molecule has 0 aliphatic carbocycles. The molecule has 1 saturated heterocycles. The largest absolute Gasteiger partial charge is 0.508 e. The van der Waals surface area contributed by atoms with Gasteiger partial charge in [0, 0.05) is 12.6 Å². The highest BCUT2D eigenvalue weighted by Gasteiger charge is 2.39. The first-order chi connectivity index (χ1) is 16.6. The molecule has 34 heavy (non-hydrogen) atoms. The number of rotatable bonds is 6. The van der Waals surface area contributed by atoms with Crippen molar-refractivity contribution in [3.05, 3.63) is 83.4 Å². The molecule has 0 saturated carbocycles. The summed E-state index contributed by atoms with van der Waals surface area (Å²) in [4.78, 5) is 15.9. The fourth-order valence-electron chi connectivity index (χ4n) is 4.82. The molecule has 6 heteroatoms. The van der Waals surface area contributed by atoms with Crippen molar-refractivity contribution in [1.82, 2.24) is 4.90 Å². The van der Waals surface area contributed by atoms with Crippen LogP contribution in [0.2, 0.25) is 0 Å². The average Bonchev–Trinajstić information content (AvgIpc) is 2.86. The van der Waals surface area contributed by atoms with E-state index in [2.05, 4.69) is 4.90 Å². The highest BCUT2D eigenvalue weighted by Crippen LogP contribution is 2.45. The molecule has 0 radical (unpaired) electrons. The van der Waals surface area contributed by atoms with Crippen LogP contribution in [-0.2, 0) is 0 Å². The zero-order valence-electron chi connectivity index (χ0n) is 19.0. The molecule has 5 rings (SSSR count). The number of nitrogens with zero attached hydrogens (tertiary/aromatic N) is 1. The number of ether oxygens (including phenoxy) is 2. The number of aromatic hydroxyl groups is 2. The second-order valence-electron chi connectivity index (χ2n) is 8.97. The van der Waals surface area contributed by atoms with Crippen LogP contribution in [0.25, 0.3) is 0 Å². The average molecular weight is 460 g/mol. The number of hydrogen-bond acceptors (Lipinski definition) is 6. The van der Waals surface area contributed by atoms with Gasteiger partial charge in [-0.1, -0.05) is 30.7 Å². The third kappa shape index (κ3) is 4.73. The molecule has 176 valence electrons. The van der Waals surface area contributed by atoms with E-state index in [1.54, 1.807) is 30.3 Å². The van der Waals surface area contributed by atoms with Gasteiger partial charge < -0.3 is 19.7 Å². The summed E-state index contributed by atoms with van der Waals surface area (Å²) in [6, 6.07) is 18.9. The third-order valence-corrected chi connectivity index (χ3v) is 6.66. The molecule has 0 bridgehead atoms. The van der Waals surface area contributed by atoms with Gasteiger partial charge in [-0.25, -0.2) is 0 Å². The number of benzene rings is 3. The number of Topliss-reactive ketones (excluding diaryl/α,β-unsaturated/α-hetero) is 1. The Morgan fingerprint density at radius 3 is 2.26 bits per heavy atom. The van der Waals surface area contributed by atoms with Crippen LogP contribution in [0.15, 0.2) is 66.7 Å². The lowest BCUT2D eigenvalue weighted by molar-refractivity contribution is 0.0781. The smallest absolute Gasteiger partial charge is 0.178 e. The van der Waals surface area contributed by atoms with E-state index in [1.165, 1.54) is 31.4 Å². The maximum Gasteiger partial charge on any atom is 0.178 e. The van der Waals surface area contributed by atoms with E-state index in [0.717, 1.165) is 36.5 Å². The Morgan fingerprint density at radius 2 is 1.53 bits per heavy atom. The van der Waals surface area contributed by atoms with Gasteiger partial charge in [0.15, 0.2) is 5.78 Å². The van der Waals surface area contributed by atoms with Crippen molar-refractivity contribution in [2.75, 3.05) is 26.2 Å². The standard InChI is InChI=1S/C28H29NO5/c30-21-8-4-19(5-9-21)26-27(32)24-13-10-22(31)18-25(24)34-28(26)20-6-11-23(12-7-20)33-17-16-29-14-2-1-3-15-29/h4-13,18,26,28,30-31H,1-3,14-17H2/t26-,28+/m0/s1. The zero-order valence-corrected chi connectivity index (χ0v) is 19.0. The first-order valence-electron chi connectivity index (χ1n) is 11.9. The van der Waals surface area contributed by atoms with Crippen LogP contribution < -0.4 is 9.47 Å². The topological polar surface area (TPSA) is 79.2 Å². The van der Waals surface area contributed by atoms with Crippen molar-refractivity contribution in [1.29, 1.82) is 0 Å². The van der Waals surface area contributed by atoms with E-state index in [0.29, 0.717) is 17.9 Å². The maximum atomic E-state index is 13.5. The summed E-state index contributed by atoms with van der Waals surface area (Å²) in [7, 11) is 0. The summed E-state index contributed by atoms with van der Waals surface area (Å²) < 4.78 is 12.2. The van der Waals surface area contributed by atoms with Crippen LogP contribution >= 0.6 is 0 Å². The van der Waals surface area contributed by atoms with Crippen molar-refractivity contribution in [2.24, 2.45) is 0 Å². The van der Waals surface area contributed by atoms with Crippen LogP contribution in [0.4, 0.5) is 0 Å². The molecule has 0 unspecified atom stereocenters. The normalized spacial score (nSPS) is 20.4. The molecule has 0 aromatic heterocycles. The number of piperidine rings is 1. The lowest BCUT2D eigenvalue weighted by Gasteiger charge is -2.33. The highest BCUT2D eigenvalue weighted by molar-refractivity contribution is 6.04. The first-order valence-corrected chi connectivity index (χ1v) is 11.9. The van der Waals surface area contributed by atoms with E-state index in [9.17, 15) is 15.0 Å². The van der Waals surface area contributed by atoms with Crippen molar-refractivity contribution in [2.45, 2.75) is 31.3 Å². The predicted molar refractivity (Wildman–Crippen MR) is 129 cm³/mol. The molecule has 2 atom stereocenters. The molecule has 2 N–H and O–H groups in total. The van der Waals surface area contributed by atoms with E-state index >= 15 is 0 Å². The monoisotopic (exact) mass is 459 g/mol. The summed E-state index contributed by atoms with van der Waals surface area (Å²) >= 11 is 0.